The summed E-state index contributed by atoms with van der Waals surface area (Å²) >= 11 is 0. The maximum atomic E-state index is 12.5. The fraction of sp³-hybridized carbons (Fsp3) is 0.278. The molecule has 1 aromatic carbocycles. The van der Waals surface area contributed by atoms with Crippen molar-refractivity contribution in [3.8, 4) is 0 Å². The van der Waals surface area contributed by atoms with Crippen LogP contribution in [-0.4, -0.2) is 21.7 Å². The molecule has 1 fully saturated rings. The average molecular weight is 352 g/mol. The van der Waals surface area contributed by atoms with Crippen LogP contribution >= 0.6 is 0 Å². The molecule has 0 unspecified atom stereocenters. The number of hydrogen-bond acceptors (Lipinski definition) is 5. The van der Waals surface area contributed by atoms with Crippen molar-refractivity contribution >= 4 is 28.9 Å². The van der Waals surface area contributed by atoms with Crippen LogP contribution in [0.5, 0.6) is 0 Å². The van der Waals surface area contributed by atoms with Crippen molar-refractivity contribution in [2.75, 3.05) is 10.6 Å². The van der Waals surface area contributed by atoms with Gasteiger partial charge in [0.1, 0.15) is 5.69 Å². The first-order chi connectivity index (χ1) is 12.5. The molecule has 1 aliphatic carbocycles. The molecule has 2 amide bonds. The van der Waals surface area contributed by atoms with Crippen molar-refractivity contribution in [1.82, 2.24) is 4.98 Å². The molecule has 0 atom stereocenters. The Hall–Kier alpha value is -3.29. The van der Waals surface area contributed by atoms with Gasteiger partial charge in [0.05, 0.1) is 15.9 Å². The average Bonchev–Trinajstić information content (AvgIpc) is 3.22. The van der Waals surface area contributed by atoms with Gasteiger partial charge in [0, 0.05) is 24.1 Å². The van der Waals surface area contributed by atoms with Crippen molar-refractivity contribution in [2.24, 2.45) is 0 Å². The molecule has 2 aromatic rings. The van der Waals surface area contributed by atoms with Crippen LogP contribution in [-0.2, 0) is 10.2 Å². The number of nitro benzene ring substituents is 1. The van der Waals surface area contributed by atoms with Crippen LogP contribution < -0.4 is 10.6 Å². The number of carbonyl (C=O) groups excluding carboxylic acids is 2. The third-order valence-electron chi connectivity index (χ3n) is 5.16. The van der Waals surface area contributed by atoms with E-state index in [-0.39, 0.29) is 17.3 Å². The molecule has 8 nitrogen and oxygen atoms in total. The van der Waals surface area contributed by atoms with Gasteiger partial charge in [-0.25, -0.2) is 0 Å². The predicted molar refractivity (Wildman–Crippen MR) is 94.1 cm³/mol. The number of nitrogens with zero attached hydrogens (tertiary/aromatic N) is 2. The van der Waals surface area contributed by atoms with E-state index in [9.17, 15) is 19.7 Å². The second-order valence-corrected chi connectivity index (χ2v) is 6.61. The summed E-state index contributed by atoms with van der Waals surface area (Å²) in [6.07, 6.45) is 6.12. The van der Waals surface area contributed by atoms with Gasteiger partial charge in [0.2, 0.25) is 5.91 Å². The Kier molecular flexibility index (Phi) is 3.68. The van der Waals surface area contributed by atoms with Gasteiger partial charge >= 0.3 is 0 Å². The molecule has 1 spiro atoms. The highest BCUT2D eigenvalue weighted by Gasteiger charge is 2.49. The summed E-state index contributed by atoms with van der Waals surface area (Å²) in [4.78, 5) is 39.7. The van der Waals surface area contributed by atoms with Gasteiger partial charge in [-0.3, -0.25) is 24.7 Å². The zero-order chi connectivity index (χ0) is 18.3. The summed E-state index contributed by atoms with van der Waals surface area (Å²) in [5.41, 5.74) is 0.641. The van der Waals surface area contributed by atoms with Crippen LogP contribution in [0.2, 0.25) is 0 Å². The van der Waals surface area contributed by atoms with Crippen LogP contribution in [0.1, 0.15) is 41.6 Å². The van der Waals surface area contributed by atoms with Crippen LogP contribution in [0.3, 0.4) is 0 Å². The number of benzene rings is 1. The van der Waals surface area contributed by atoms with E-state index in [0.717, 1.165) is 12.8 Å². The topological polar surface area (TPSA) is 114 Å². The fourth-order valence-electron chi connectivity index (χ4n) is 3.87. The number of aromatic nitrogens is 1. The highest BCUT2D eigenvalue weighted by atomic mass is 16.6. The Morgan fingerprint density at radius 2 is 2.08 bits per heavy atom. The maximum absolute atomic E-state index is 12.5. The van der Waals surface area contributed by atoms with E-state index >= 15 is 0 Å². The van der Waals surface area contributed by atoms with E-state index in [1.165, 1.54) is 24.5 Å². The number of pyridine rings is 1. The summed E-state index contributed by atoms with van der Waals surface area (Å²) < 4.78 is 0. The highest BCUT2D eigenvalue weighted by molar-refractivity contribution is 6.10. The second kappa shape index (κ2) is 5.91. The highest BCUT2D eigenvalue weighted by Crippen LogP contribution is 2.51. The molecule has 1 saturated carbocycles. The van der Waals surface area contributed by atoms with Gasteiger partial charge in [-0.1, -0.05) is 12.8 Å². The van der Waals surface area contributed by atoms with Gasteiger partial charge in [-0.2, -0.15) is 0 Å². The summed E-state index contributed by atoms with van der Waals surface area (Å²) in [6.45, 7) is 0. The molecule has 2 N–H and O–H groups in total. The van der Waals surface area contributed by atoms with Gasteiger partial charge < -0.3 is 10.6 Å². The van der Waals surface area contributed by atoms with Crippen molar-refractivity contribution in [1.29, 1.82) is 0 Å². The first kappa shape index (κ1) is 16.2. The number of hydrogen-bond donors (Lipinski definition) is 2. The lowest BCUT2D eigenvalue weighted by atomic mass is 9.80. The standard InChI is InChI=1S/C18H16N4O4/c23-16(11-4-3-7-19-10-11)20-14-9-13-12(8-15(14)22(25)26)18(17(24)21-13)5-1-2-6-18/h3-4,7-10H,1-2,5-6H2,(H,20,23)(H,21,24). The molecule has 26 heavy (non-hydrogen) atoms. The molecule has 1 aromatic heterocycles. The van der Waals surface area contributed by atoms with Gasteiger partial charge in [-0.15, -0.1) is 0 Å². The minimum absolute atomic E-state index is 0.0537. The number of rotatable bonds is 3. The van der Waals surface area contributed by atoms with Crippen LogP contribution in [0.25, 0.3) is 0 Å². The van der Waals surface area contributed by atoms with Crippen LogP contribution in [0.4, 0.5) is 17.1 Å². The number of anilines is 2. The zero-order valence-corrected chi connectivity index (χ0v) is 13.8. The molecule has 2 heterocycles. The van der Waals surface area contributed by atoms with Gasteiger partial charge in [0.25, 0.3) is 11.6 Å². The Morgan fingerprint density at radius 1 is 1.31 bits per heavy atom. The molecule has 0 radical (unpaired) electrons. The number of nitro groups is 1. The molecule has 8 heteroatoms. The van der Waals surface area contributed by atoms with Crippen molar-refractivity contribution in [3.05, 3.63) is 57.9 Å². The zero-order valence-electron chi connectivity index (χ0n) is 13.8. The van der Waals surface area contributed by atoms with Gasteiger partial charge in [0.15, 0.2) is 0 Å². The first-order valence-corrected chi connectivity index (χ1v) is 8.37. The molecule has 0 bridgehead atoms. The molecule has 2 aliphatic rings. The Labute approximate surface area is 148 Å². The smallest absolute Gasteiger partial charge is 0.293 e. The lowest BCUT2D eigenvalue weighted by Gasteiger charge is -2.20. The minimum atomic E-state index is -0.675. The third kappa shape index (κ3) is 2.42. The Morgan fingerprint density at radius 3 is 2.73 bits per heavy atom. The van der Waals surface area contributed by atoms with E-state index in [1.807, 2.05) is 0 Å². The van der Waals surface area contributed by atoms with Crippen molar-refractivity contribution < 1.29 is 14.5 Å². The molecule has 1 aliphatic heterocycles. The minimum Gasteiger partial charge on any atom is -0.325 e. The molecular weight excluding hydrogens is 336 g/mol. The van der Waals surface area contributed by atoms with Gasteiger partial charge in [-0.05, 0) is 36.6 Å². The Bertz CT molecular complexity index is 920. The van der Waals surface area contributed by atoms with Crippen molar-refractivity contribution in [2.45, 2.75) is 31.1 Å². The van der Waals surface area contributed by atoms with E-state index in [4.69, 9.17) is 0 Å². The summed E-state index contributed by atoms with van der Waals surface area (Å²) in [5, 5.41) is 16.9. The molecule has 4 rings (SSSR count). The van der Waals surface area contributed by atoms with Crippen LogP contribution in [0, 0.1) is 10.1 Å². The SMILES string of the molecule is O=C(Nc1cc2c(cc1[N+](=O)[O-])C1(CCCC1)C(=O)N2)c1cccnc1. The molecule has 132 valence electrons. The van der Waals surface area contributed by atoms with E-state index < -0.39 is 16.2 Å². The fourth-order valence-corrected chi connectivity index (χ4v) is 3.87. The monoisotopic (exact) mass is 352 g/mol. The number of fused-ring (bicyclic) bond motifs is 2. The normalized spacial score (nSPS) is 17.0. The second-order valence-electron chi connectivity index (χ2n) is 6.61. The maximum Gasteiger partial charge on any atom is 0.293 e. The largest absolute Gasteiger partial charge is 0.325 e. The lowest BCUT2D eigenvalue weighted by Crippen LogP contribution is -2.30. The number of nitrogens with one attached hydrogen (secondary N) is 2. The molecule has 0 saturated heterocycles. The summed E-state index contributed by atoms with van der Waals surface area (Å²) in [6, 6.07) is 6.08. The lowest BCUT2D eigenvalue weighted by molar-refractivity contribution is -0.384. The number of carbonyl (C=O) groups is 2. The summed E-state index contributed by atoms with van der Waals surface area (Å²) in [7, 11) is 0. The number of amides is 2. The first-order valence-electron chi connectivity index (χ1n) is 8.37. The van der Waals surface area contributed by atoms with E-state index in [1.54, 1.807) is 12.1 Å². The van der Waals surface area contributed by atoms with Crippen LogP contribution in [0.15, 0.2) is 36.7 Å². The molecular formula is C18H16N4O4. The van der Waals surface area contributed by atoms with Crippen molar-refractivity contribution in [3.63, 3.8) is 0 Å². The quantitative estimate of drug-likeness (QED) is 0.651. The summed E-state index contributed by atoms with van der Waals surface area (Å²) in [5.74, 6) is -0.615. The predicted octanol–water partition coefficient (Wildman–Crippen LogP) is 3.01. The van der Waals surface area contributed by atoms with E-state index in [2.05, 4.69) is 15.6 Å². The third-order valence-corrected chi connectivity index (χ3v) is 5.16. The Balaban J connectivity index is 1.75. The van der Waals surface area contributed by atoms with E-state index in [0.29, 0.717) is 29.7 Å².